The Morgan fingerprint density at radius 2 is 2.38 bits per heavy atom. The van der Waals surface area contributed by atoms with E-state index in [9.17, 15) is 0 Å². The van der Waals surface area contributed by atoms with Crippen molar-refractivity contribution in [3.8, 4) is 6.07 Å². The van der Waals surface area contributed by atoms with Gasteiger partial charge < -0.3 is 9.47 Å². The van der Waals surface area contributed by atoms with E-state index in [0.29, 0.717) is 13.2 Å². The van der Waals surface area contributed by atoms with E-state index in [0.717, 1.165) is 32.5 Å². The first-order valence-electron chi connectivity index (χ1n) is 4.90. The van der Waals surface area contributed by atoms with Crippen molar-refractivity contribution in [2.24, 2.45) is 5.41 Å². The number of ether oxygens (including phenoxy) is 2. The summed E-state index contributed by atoms with van der Waals surface area (Å²) in [4.78, 5) is 0. The number of rotatable bonds is 5. The SMILES string of the molecule is CCCOCCC1(C#N)CCOC1. The topological polar surface area (TPSA) is 42.2 Å². The van der Waals surface area contributed by atoms with Crippen LogP contribution in [-0.4, -0.2) is 26.4 Å². The molecule has 3 nitrogen and oxygen atoms in total. The van der Waals surface area contributed by atoms with Crippen LogP contribution in [-0.2, 0) is 9.47 Å². The lowest BCUT2D eigenvalue weighted by Gasteiger charge is -2.17. The van der Waals surface area contributed by atoms with Crippen molar-refractivity contribution in [1.82, 2.24) is 0 Å². The van der Waals surface area contributed by atoms with Gasteiger partial charge in [0.2, 0.25) is 0 Å². The van der Waals surface area contributed by atoms with Crippen molar-refractivity contribution < 1.29 is 9.47 Å². The summed E-state index contributed by atoms with van der Waals surface area (Å²) in [5, 5.41) is 8.99. The molecule has 0 aromatic heterocycles. The fourth-order valence-corrected chi connectivity index (χ4v) is 1.46. The maximum atomic E-state index is 8.99. The van der Waals surface area contributed by atoms with Crippen molar-refractivity contribution in [3.63, 3.8) is 0 Å². The third-order valence-electron chi connectivity index (χ3n) is 2.41. The number of hydrogen-bond acceptors (Lipinski definition) is 3. The minimum Gasteiger partial charge on any atom is -0.381 e. The van der Waals surface area contributed by atoms with Crippen LogP contribution in [0.1, 0.15) is 26.2 Å². The molecule has 0 radical (unpaired) electrons. The van der Waals surface area contributed by atoms with Crippen LogP contribution in [0, 0.1) is 16.7 Å². The smallest absolute Gasteiger partial charge is 0.0850 e. The van der Waals surface area contributed by atoms with Gasteiger partial charge in [-0.3, -0.25) is 0 Å². The highest BCUT2D eigenvalue weighted by Crippen LogP contribution is 2.31. The minimum absolute atomic E-state index is 0.256. The van der Waals surface area contributed by atoms with Crippen LogP contribution >= 0.6 is 0 Å². The molecule has 1 atom stereocenters. The first-order valence-corrected chi connectivity index (χ1v) is 4.90. The molecule has 0 aromatic rings. The summed E-state index contributed by atoms with van der Waals surface area (Å²) in [6, 6.07) is 2.35. The molecule has 0 aromatic carbocycles. The zero-order valence-electron chi connectivity index (χ0n) is 8.21. The van der Waals surface area contributed by atoms with Crippen molar-refractivity contribution in [3.05, 3.63) is 0 Å². The van der Waals surface area contributed by atoms with Crippen LogP contribution in [0.3, 0.4) is 0 Å². The highest BCUT2D eigenvalue weighted by Gasteiger charge is 2.34. The van der Waals surface area contributed by atoms with E-state index >= 15 is 0 Å². The van der Waals surface area contributed by atoms with E-state index in [2.05, 4.69) is 13.0 Å². The van der Waals surface area contributed by atoms with Gasteiger partial charge in [0, 0.05) is 19.8 Å². The average molecular weight is 183 g/mol. The Morgan fingerprint density at radius 1 is 1.54 bits per heavy atom. The van der Waals surface area contributed by atoms with E-state index in [1.165, 1.54) is 0 Å². The molecule has 0 amide bonds. The molecule has 1 unspecified atom stereocenters. The monoisotopic (exact) mass is 183 g/mol. The molecule has 3 heteroatoms. The zero-order valence-corrected chi connectivity index (χ0v) is 8.21. The molecular formula is C10H17NO2. The predicted molar refractivity (Wildman–Crippen MR) is 49.2 cm³/mol. The van der Waals surface area contributed by atoms with Crippen LogP contribution in [0.15, 0.2) is 0 Å². The fraction of sp³-hybridized carbons (Fsp3) is 0.900. The third-order valence-corrected chi connectivity index (χ3v) is 2.41. The van der Waals surface area contributed by atoms with Gasteiger partial charge in [-0.25, -0.2) is 0 Å². The van der Waals surface area contributed by atoms with Gasteiger partial charge in [-0.05, 0) is 19.3 Å². The molecule has 1 rings (SSSR count). The Bertz CT molecular complexity index is 180. The molecule has 0 aliphatic carbocycles. The summed E-state index contributed by atoms with van der Waals surface area (Å²) in [6.07, 6.45) is 2.71. The molecule has 0 spiro atoms. The van der Waals surface area contributed by atoms with Gasteiger partial charge in [0.15, 0.2) is 0 Å². The largest absolute Gasteiger partial charge is 0.381 e. The highest BCUT2D eigenvalue weighted by molar-refractivity contribution is 5.01. The zero-order chi connectivity index (χ0) is 9.57. The van der Waals surface area contributed by atoms with Crippen LogP contribution in [0.25, 0.3) is 0 Å². The van der Waals surface area contributed by atoms with Crippen molar-refractivity contribution >= 4 is 0 Å². The molecule has 74 valence electrons. The number of hydrogen-bond donors (Lipinski definition) is 0. The minimum atomic E-state index is -0.256. The van der Waals surface area contributed by atoms with Crippen molar-refractivity contribution in [2.75, 3.05) is 26.4 Å². The molecule has 1 aliphatic heterocycles. The first kappa shape index (κ1) is 10.5. The number of nitriles is 1. The Hall–Kier alpha value is -0.590. The summed E-state index contributed by atoms with van der Waals surface area (Å²) in [6.45, 7) is 4.87. The number of nitrogens with zero attached hydrogens (tertiary/aromatic N) is 1. The summed E-state index contributed by atoms with van der Waals surface area (Å²) >= 11 is 0. The third kappa shape index (κ3) is 2.98. The Kier molecular flexibility index (Phi) is 4.20. The summed E-state index contributed by atoms with van der Waals surface area (Å²) in [5.41, 5.74) is -0.256. The van der Waals surface area contributed by atoms with Crippen molar-refractivity contribution in [2.45, 2.75) is 26.2 Å². The summed E-state index contributed by atoms with van der Waals surface area (Å²) < 4.78 is 10.6. The van der Waals surface area contributed by atoms with Crippen LogP contribution in [0.4, 0.5) is 0 Å². The molecule has 0 bridgehead atoms. The molecule has 1 fully saturated rings. The van der Waals surface area contributed by atoms with E-state index in [1.807, 2.05) is 0 Å². The van der Waals surface area contributed by atoms with Gasteiger partial charge in [-0.1, -0.05) is 6.92 Å². The van der Waals surface area contributed by atoms with E-state index in [1.54, 1.807) is 0 Å². The Labute approximate surface area is 79.6 Å². The Morgan fingerprint density at radius 3 is 2.92 bits per heavy atom. The molecular weight excluding hydrogens is 166 g/mol. The average Bonchev–Trinajstić information content (AvgIpc) is 2.62. The quantitative estimate of drug-likeness (QED) is 0.609. The maximum absolute atomic E-state index is 8.99. The van der Waals surface area contributed by atoms with Gasteiger partial charge in [-0.15, -0.1) is 0 Å². The Balaban J connectivity index is 2.21. The molecule has 1 heterocycles. The van der Waals surface area contributed by atoms with Crippen molar-refractivity contribution in [1.29, 1.82) is 5.26 Å². The van der Waals surface area contributed by atoms with Crippen LogP contribution in [0.2, 0.25) is 0 Å². The second-order valence-electron chi connectivity index (χ2n) is 3.56. The fourth-order valence-electron chi connectivity index (χ4n) is 1.46. The highest BCUT2D eigenvalue weighted by atomic mass is 16.5. The lowest BCUT2D eigenvalue weighted by molar-refractivity contribution is 0.0999. The van der Waals surface area contributed by atoms with Gasteiger partial charge in [0.25, 0.3) is 0 Å². The van der Waals surface area contributed by atoms with Gasteiger partial charge in [0.05, 0.1) is 18.1 Å². The summed E-state index contributed by atoms with van der Waals surface area (Å²) in [7, 11) is 0. The molecule has 1 saturated heterocycles. The van der Waals surface area contributed by atoms with Gasteiger partial charge in [0.1, 0.15) is 0 Å². The normalized spacial score (nSPS) is 27.4. The van der Waals surface area contributed by atoms with E-state index in [-0.39, 0.29) is 5.41 Å². The standard InChI is InChI=1S/C10H17NO2/c1-2-5-12-6-3-10(8-11)4-7-13-9-10/h2-7,9H2,1H3. The second-order valence-corrected chi connectivity index (χ2v) is 3.56. The molecule has 13 heavy (non-hydrogen) atoms. The van der Waals surface area contributed by atoms with E-state index in [4.69, 9.17) is 14.7 Å². The lowest BCUT2D eigenvalue weighted by Crippen LogP contribution is -2.20. The molecule has 1 aliphatic rings. The van der Waals surface area contributed by atoms with Crippen LogP contribution in [0.5, 0.6) is 0 Å². The van der Waals surface area contributed by atoms with E-state index < -0.39 is 0 Å². The predicted octanol–water partition coefficient (Wildman–Crippen LogP) is 1.73. The van der Waals surface area contributed by atoms with Gasteiger partial charge >= 0.3 is 0 Å². The lowest BCUT2D eigenvalue weighted by atomic mass is 9.86. The van der Waals surface area contributed by atoms with Gasteiger partial charge in [-0.2, -0.15) is 5.26 Å². The molecule has 0 saturated carbocycles. The van der Waals surface area contributed by atoms with Crippen LogP contribution < -0.4 is 0 Å². The maximum Gasteiger partial charge on any atom is 0.0850 e. The first-order chi connectivity index (χ1) is 6.33. The second kappa shape index (κ2) is 5.21. The molecule has 0 N–H and O–H groups in total. The summed E-state index contributed by atoms with van der Waals surface area (Å²) in [5.74, 6) is 0.